The molecule has 0 aliphatic rings. The van der Waals surface area contributed by atoms with Gasteiger partial charge in [0.1, 0.15) is 6.04 Å². The Morgan fingerprint density at radius 2 is 1.76 bits per heavy atom. The molecule has 2 rings (SSSR count). The summed E-state index contributed by atoms with van der Waals surface area (Å²) < 4.78 is 0. The number of halogens is 1. The van der Waals surface area contributed by atoms with Gasteiger partial charge in [0.05, 0.1) is 6.42 Å². The summed E-state index contributed by atoms with van der Waals surface area (Å²) >= 11 is 6.35. The van der Waals surface area contributed by atoms with Crippen LogP contribution in [0.2, 0.25) is 5.02 Å². The number of hydrogen-bond acceptors (Lipinski definition) is 2. The molecule has 1 N–H and O–H groups in total. The first-order valence-corrected chi connectivity index (χ1v) is 10.5. The second kappa shape index (κ2) is 10.4. The standard InChI is InChI=1S/C24H31ClN2O2/c1-6-22(24(29)26-16(2)3)27(15-19-9-7-8-10-21(19)25)23(28)14-20-13-17(4)11-12-18(20)5/h7-13,16,22H,6,14-15H2,1-5H3,(H,26,29)/t22-/m0/s1. The zero-order valence-electron chi connectivity index (χ0n) is 18.0. The molecule has 0 aliphatic heterocycles. The predicted molar refractivity (Wildman–Crippen MR) is 119 cm³/mol. The third kappa shape index (κ3) is 6.33. The minimum atomic E-state index is -0.550. The van der Waals surface area contributed by atoms with E-state index in [1.165, 1.54) is 0 Å². The predicted octanol–water partition coefficient (Wildman–Crippen LogP) is 4.83. The maximum Gasteiger partial charge on any atom is 0.243 e. The Labute approximate surface area is 179 Å². The molecule has 0 aromatic heterocycles. The van der Waals surface area contributed by atoms with E-state index >= 15 is 0 Å². The molecular weight excluding hydrogens is 384 g/mol. The number of nitrogens with zero attached hydrogens (tertiary/aromatic N) is 1. The van der Waals surface area contributed by atoms with Gasteiger partial charge in [0.15, 0.2) is 0 Å². The van der Waals surface area contributed by atoms with Crippen LogP contribution in [-0.4, -0.2) is 28.8 Å². The first-order valence-electron chi connectivity index (χ1n) is 10.1. The van der Waals surface area contributed by atoms with E-state index in [-0.39, 0.29) is 24.3 Å². The van der Waals surface area contributed by atoms with Gasteiger partial charge in [0, 0.05) is 17.6 Å². The summed E-state index contributed by atoms with van der Waals surface area (Å²) in [7, 11) is 0. The molecule has 29 heavy (non-hydrogen) atoms. The van der Waals surface area contributed by atoms with Gasteiger partial charge in [-0.2, -0.15) is 0 Å². The number of nitrogens with one attached hydrogen (secondary N) is 1. The maximum absolute atomic E-state index is 13.4. The maximum atomic E-state index is 13.4. The molecule has 0 aliphatic carbocycles. The van der Waals surface area contributed by atoms with Crippen molar-refractivity contribution in [3.63, 3.8) is 0 Å². The summed E-state index contributed by atoms with van der Waals surface area (Å²) in [5.41, 5.74) is 4.00. The van der Waals surface area contributed by atoms with Crippen molar-refractivity contribution in [2.45, 2.75) is 66.1 Å². The summed E-state index contributed by atoms with van der Waals surface area (Å²) in [5, 5.41) is 3.54. The number of benzene rings is 2. The molecule has 0 heterocycles. The molecule has 0 radical (unpaired) electrons. The first kappa shape index (κ1) is 23.0. The average Bonchev–Trinajstić information content (AvgIpc) is 2.65. The van der Waals surface area contributed by atoms with Crippen molar-refractivity contribution < 1.29 is 9.59 Å². The molecule has 0 unspecified atom stereocenters. The van der Waals surface area contributed by atoms with E-state index in [0.717, 1.165) is 22.3 Å². The summed E-state index contributed by atoms with van der Waals surface area (Å²) in [6, 6.07) is 13.0. The second-order valence-corrected chi connectivity index (χ2v) is 8.21. The minimum absolute atomic E-state index is 0.00725. The van der Waals surface area contributed by atoms with Crippen LogP contribution in [0, 0.1) is 13.8 Å². The molecule has 1 atom stereocenters. The van der Waals surface area contributed by atoms with Crippen LogP contribution in [0.25, 0.3) is 0 Å². The van der Waals surface area contributed by atoms with Gasteiger partial charge >= 0.3 is 0 Å². The van der Waals surface area contributed by atoms with Gasteiger partial charge in [-0.05, 0) is 56.9 Å². The third-order valence-electron chi connectivity index (χ3n) is 4.96. The molecule has 0 bridgehead atoms. The van der Waals surface area contributed by atoms with E-state index in [1.54, 1.807) is 11.0 Å². The van der Waals surface area contributed by atoms with Gasteiger partial charge in [-0.3, -0.25) is 9.59 Å². The molecular formula is C24H31ClN2O2. The third-order valence-corrected chi connectivity index (χ3v) is 5.33. The van der Waals surface area contributed by atoms with Gasteiger partial charge in [-0.1, -0.05) is 60.5 Å². The van der Waals surface area contributed by atoms with Crippen molar-refractivity contribution in [1.29, 1.82) is 0 Å². The van der Waals surface area contributed by atoms with E-state index in [4.69, 9.17) is 11.6 Å². The van der Waals surface area contributed by atoms with Gasteiger partial charge in [-0.25, -0.2) is 0 Å². The normalized spacial score (nSPS) is 12.0. The van der Waals surface area contributed by atoms with E-state index in [9.17, 15) is 9.59 Å². The van der Waals surface area contributed by atoms with Gasteiger partial charge in [0.25, 0.3) is 0 Å². The minimum Gasteiger partial charge on any atom is -0.352 e. The Kier molecular flexibility index (Phi) is 8.27. The highest BCUT2D eigenvalue weighted by molar-refractivity contribution is 6.31. The fourth-order valence-corrected chi connectivity index (χ4v) is 3.56. The lowest BCUT2D eigenvalue weighted by Gasteiger charge is -2.31. The van der Waals surface area contributed by atoms with Crippen LogP contribution in [0.4, 0.5) is 0 Å². The van der Waals surface area contributed by atoms with Crippen LogP contribution >= 0.6 is 11.6 Å². The Hall–Kier alpha value is -2.33. The zero-order valence-corrected chi connectivity index (χ0v) is 18.7. The lowest BCUT2D eigenvalue weighted by Crippen LogP contribution is -2.50. The van der Waals surface area contributed by atoms with Crippen LogP contribution in [-0.2, 0) is 22.6 Å². The number of aryl methyl sites for hydroxylation is 2. The number of carbonyl (C=O) groups excluding carboxylic acids is 2. The molecule has 0 spiro atoms. The van der Waals surface area contributed by atoms with Gasteiger partial charge in [0.2, 0.25) is 11.8 Å². The van der Waals surface area contributed by atoms with Gasteiger partial charge < -0.3 is 10.2 Å². The summed E-state index contributed by atoms with van der Waals surface area (Å²) in [4.78, 5) is 27.9. The lowest BCUT2D eigenvalue weighted by atomic mass is 10.0. The highest BCUT2D eigenvalue weighted by atomic mass is 35.5. The van der Waals surface area contributed by atoms with Crippen LogP contribution in [0.3, 0.4) is 0 Å². The fourth-order valence-electron chi connectivity index (χ4n) is 3.37. The Morgan fingerprint density at radius 3 is 2.38 bits per heavy atom. The fraction of sp³-hybridized carbons (Fsp3) is 0.417. The Bertz CT molecular complexity index is 864. The van der Waals surface area contributed by atoms with Crippen molar-refractivity contribution >= 4 is 23.4 Å². The van der Waals surface area contributed by atoms with Crippen molar-refractivity contribution in [2.75, 3.05) is 0 Å². The molecule has 0 fully saturated rings. The van der Waals surface area contributed by atoms with E-state index in [2.05, 4.69) is 5.32 Å². The summed E-state index contributed by atoms with van der Waals surface area (Å²) in [5.74, 6) is -0.215. The van der Waals surface area contributed by atoms with E-state index in [0.29, 0.717) is 18.0 Å². The number of rotatable bonds is 8. The van der Waals surface area contributed by atoms with E-state index < -0.39 is 6.04 Å². The molecule has 0 saturated carbocycles. The van der Waals surface area contributed by atoms with Crippen molar-refractivity contribution in [2.24, 2.45) is 0 Å². The smallest absolute Gasteiger partial charge is 0.243 e. The van der Waals surface area contributed by atoms with Crippen molar-refractivity contribution in [1.82, 2.24) is 10.2 Å². The summed E-state index contributed by atoms with van der Waals surface area (Å²) in [6.45, 7) is 10.1. The topological polar surface area (TPSA) is 49.4 Å². The molecule has 4 nitrogen and oxygen atoms in total. The molecule has 156 valence electrons. The molecule has 2 amide bonds. The molecule has 5 heteroatoms. The quantitative estimate of drug-likeness (QED) is 0.672. The van der Waals surface area contributed by atoms with Crippen LogP contribution in [0.5, 0.6) is 0 Å². The zero-order chi connectivity index (χ0) is 21.6. The average molecular weight is 415 g/mol. The number of carbonyl (C=O) groups is 2. The lowest BCUT2D eigenvalue weighted by molar-refractivity contribution is -0.141. The van der Waals surface area contributed by atoms with Gasteiger partial charge in [-0.15, -0.1) is 0 Å². The first-order chi connectivity index (χ1) is 13.7. The highest BCUT2D eigenvalue weighted by Gasteiger charge is 2.29. The SMILES string of the molecule is CC[C@@H](C(=O)NC(C)C)N(Cc1ccccc1Cl)C(=O)Cc1cc(C)ccc1C. The largest absolute Gasteiger partial charge is 0.352 e. The highest BCUT2D eigenvalue weighted by Crippen LogP contribution is 2.21. The summed E-state index contributed by atoms with van der Waals surface area (Å²) in [6.07, 6.45) is 0.783. The molecule has 2 aromatic rings. The van der Waals surface area contributed by atoms with Crippen LogP contribution in [0.1, 0.15) is 49.4 Å². The molecule has 2 aromatic carbocycles. The Balaban J connectivity index is 2.36. The van der Waals surface area contributed by atoms with E-state index in [1.807, 2.05) is 71.0 Å². The second-order valence-electron chi connectivity index (χ2n) is 7.81. The number of amides is 2. The van der Waals surface area contributed by atoms with Crippen LogP contribution in [0.15, 0.2) is 42.5 Å². The Morgan fingerprint density at radius 1 is 1.07 bits per heavy atom. The number of hydrogen-bond donors (Lipinski definition) is 1. The van der Waals surface area contributed by atoms with Crippen molar-refractivity contribution in [3.8, 4) is 0 Å². The molecule has 0 saturated heterocycles. The monoisotopic (exact) mass is 414 g/mol. The van der Waals surface area contributed by atoms with Crippen molar-refractivity contribution in [3.05, 3.63) is 69.7 Å². The van der Waals surface area contributed by atoms with Crippen LogP contribution < -0.4 is 5.32 Å².